The number of methoxy groups -OCH3 is 2. The van der Waals surface area contributed by atoms with Crippen molar-refractivity contribution >= 4 is 35.3 Å². The summed E-state index contributed by atoms with van der Waals surface area (Å²) in [5, 5.41) is 26.2. The van der Waals surface area contributed by atoms with Crippen LogP contribution in [0.2, 0.25) is 0 Å². The van der Waals surface area contributed by atoms with Crippen LogP contribution in [0.3, 0.4) is 0 Å². The highest BCUT2D eigenvalue weighted by atomic mass is 16.6. The number of hydrogen-bond donors (Lipinski definition) is 3. The van der Waals surface area contributed by atoms with Gasteiger partial charge in [0.05, 0.1) is 25.0 Å². The van der Waals surface area contributed by atoms with E-state index in [1.54, 1.807) is 46.3 Å². The number of Topliss-reactive ketones (excluding diaryl/α,β-unsaturated/α-hetero) is 3. The third-order valence-electron chi connectivity index (χ3n) is 15.7. The van der Waals surface area contributed by atoms with Gasteiger partial charge in [-0.25, -0.2) is 9.59 Å². The van der Waals surface area contributed by atoms with E-state index in [-0.39, 0.29) is 55.3 Å². The quantitative estimate of drug-likeness (QED) is 0.0976. The Hall–Kier alpha value is -5.18. The molecule has 1 aromatic heterocycles. The van der Waals surface area contributed by atoms with Crippen molar-refractivity contribution in [1.29, 1.82) is 0 Å². The lowest BCUT2D eigenvalue weighted by atomic mass is 9.78. The van der Waals surface area contributed by atoms with Crippen molar-refractivity contribution < 1.29 is 67.1 Å². The molecule has 5 rings (SSSR count). The molecule has 74 heavy (non-hydrogen) atoms. The molecule has 408 valence electrons. The van der Waals surface area contributed by atoms with Gasteiger partial charge in [-0.3, -0.25) is 19.2 Å². The van der Waals surface area contributed by atoms with Gasteiger partial charge in [0.2, 0.25) is 5.79 Å². The number of terminal acetylenes is 1. The Balaban J connectivity index is 1.47. The van der Waals surface area contributed by atoms with Gasteiger partial charge in [0.25, 0.3) is 11.7 Å². The number of ketones is 3. The molecule has 0 spiro atoms. The van der Waals surface area contributed by atoms with Gasteiger partial charge in [0.15, 0.2) is 5.78 Å². The number of carbonyl (C=O) groups is 6. The molecule has 1 saturated carbocycles. The average Bonchev–Trinajstić information content (AvgIpc) is 3.92. The molecule has 0 aromatic carbocycles. The summed E-state index contributed by atoms with van der Waals surface area (Å²) in [6.45, 7) is 12.7. The van der Waals surface area contributed by atoms with Crippen molar-refractivity contribution in [2.75, 3.05) is 27.3 Å². The Labute approximate surface area is 438 Å². The molecule has 16 nitrogen and oxygen atoms in total. The van der Waals surface area contributed by atoms with E-state index in [0.29, 0.717) is 75.5 Å². The number of fused-ring (bicyclic) bond motifs is 3. The fourth-order valence-corrected chi connectivity index (χ4v) is 11.1. The second-order valence-electron chi connectivity index (χ2n) is 21.4. The first-order valence-electron chi connectivity index (χ1n) is 26.6. The van der Waals surface area contributed by atoms with Crippen LogP contribution in [-0.4, -0.2) is 126 Å². The number of carbonyl (C=O) groups excluding carboxylic acids is 6. The lowest BCUT2D eigenvalue weighted by Crippen LogP contribution is -2.60. The second-order valence-corrected chi connectivity index (χ2v) is 21.4. The molecule has 2 amide bonds. The largest absolute Gasteiger partial charge is 0.469 e. The maximum absolute atomic E-state index is 14.6. The first-order chi connectivity index (χ1) is 35.2. The smallest absolute Gasteiger partial charge is 0.408 e. The topological polar surface area (TPSA) is 217 Å². The summed E-state index contributed by atoms with van der Waals surface area (Å²) in [5.41, 5.74) is 1.29. The van der Waals surface area contributed by atoms with E-state index in [1.165, 1.54) is 12.0 Å². The van der Waals surface area contributed by atoms with Gasteiger partial charge in [-0.2, -0.15) is 0 Å². The van der Waals surface area contributed by atoms with Crippen LogP contribution in [0.4, 0.5) is 4.79 Å². The minimum absolute atomic E-state index is 0.00732. The summed E-state index contributed by atoms with van der Waals surface area (Å²) in [7, 11) is 2.92. The molecular formula is C58H82N2O14. The number of allylic oxidation sites excluding steroid dienone is 7. The number of aliphatic hydroxyl groups excluding tert-OH is 1. The number of nitrogens with one attached hydrogen (secondary N) is 1. The fraction of sp³-hybridized carbons (Fsp3) is 0.655. The molecule has 3 N–H and O–H groups in total. The Morgan fingerprint density at radius 1 is 0.946 bits per heavy atom. The predicted molar refractivity (Wildman–Crippen MR) is 277 cm³/mol. The zero-order valence-electron chi connectivity index (χ0n) is 45.0. The number of rotatable bonds is 8. The highest BCUT2D eigenvalue weighted by Crippen LogP contribution is 2.40. The molecule has 1 unspecified atom stereocenters. The van der Waals surface area contributed by atoms with Crippen LogP contribution >= 0.6 is 0 Å². The van der Waals surface area contributed by atoms with Gasteiger partial charge < -0.3 is 48.5 Å². The molecule has 4 aliphatic rings. The average molecular weight is 1030 g/mol. The van der Waals surface area contributed by atoms with E-state index >= 15 is 0 Å². The van der Waals surface area contributed by atoms with Gasteiger partial charge in [-0.1, -0.05) is 82.6 Å². The van der Waals surface area contributed by atoms with E-state index in [0.717, 1.165) is 5.57 Å². The lowest BCUT2D eigenvalue weighted by Gasteiger charge is -2.42. The molecular weight excluding hydrogens is 949 g/mol. The normalized spacial score (nSPS) is 36.6. The Kier molecular flexibility index (Phi) is 22.7. The standard InChI is InChI=1S/C58H82N2O14/c1-11-26-59-57(67)73-48-25-23-42(32-50(48)69-9)31-38(5)49-34-46(61)37(4)30-40(7)52(63)53(70-10)51(62)39(6)29-35(2)18-13-12-14-19-36(3)44(47-21-17-28-71-47)33-43-24-22-41(8)58(68,74-43)54(64)55(65)60-27-16-15-20-45(60)56(66)72-49/h1,12-14,17-19,21,28,30,35,37-39,41-45,48-50,52-53,63,68H,15-16,20,22-27,29,31-34H2,2-10H3,(H,59,67)/b14-12+,18-13+,36-19+,40-30+/t35-,37-,38-,39-,41-,42+,43+,44?,45+,48-,49+,50-,52-,53+,58-/m1/s1. The number of amides is 2. The van der Waals surface area contributed by atoms with Crippen molar-refractivity contribution in [3.05, 3.63) is 71.8 Å². The van der Waals surface area contributed by atoms with Crippen LogP contribution in [0.15, 0.2) is 70.4 Å². The third-order valence-corrected chi connectivity index (χ3v) is 15.7. The number of cyclic esters (lactones) is 1. The van der Waals surface area contributed by atoms with Gasteiger partial charge >= 0.3 is 12.1 Å². The number of piperidine rings is 1. The van der Waals surface area contributed by atoms with Gasteiger partial charge in [-0.05, 0) is 120 Å². The third kappa shape index (κ3) is 15.7. The number of hydrogen-bond acceptors (Lipinski definition) is 14. The van der Waals surface area contributed by atoms with Gasteiger partial charge in [0, 0.05) is 50.9 Å². The highest BCUT2D eigenvalue weighted by molar-refractivity contribution is 6.39. The molecule has 15 atom stereocenters. The maximum atomic E-state index is 14.6. The van der Waals surface area contributed by atoms with E-state index in [2.05, 4.69) is 11.2 Å². The van der Waals surface area contributed by atoms with Gasteiger partial charge in [-0.15, -0.1) is 6.42 Å². The van der Waals surface area contributed by atoms with Crippen LogP contribution in [-0.2, 0) is 47.7 Å². The predicted octanol–water partition coefficient (Wildman–Crippen LogP) is 7.91. The summed E-state index contributed by atoms with van der Waals surface area (Å²) in [6, 6.07) is 2.46. The Morgan fingerprint density at radius 2 is 1.70 bits per heavy atom. The molecule has 2 saturated heterocycles. The summed E-state index contributed by atoms with van der Waals surface area (Å²) < 4.78 is 35.5. The zero-order valence-corrected chi connectivity index (χ0v) is 45.0. The summed E-state index contributed by atoms with van der Waals surface area (Å²) >= 11 is 0. The van der Waals surface area contributed by atoms with E-state index < -0.39 is 95.9 Å². The van der Waals surface area contributed by atoms with Crippen LogP contribution in [0.5, 0.6) is 0 Å². The van der Waals surface area contributed by atoms with Crippen molar-refractivity contribution in [3.8, 4) is 12.3 Å². The minimum Gasteiger partial charge on any atom is -0.469 e. The number of nitrogens with zero attached hydrogens (tertiary/aromatic N) is 1. The van der Waals surface area contributed by atoms with Crippen molar-refractivity contribution in [2.24, 2.45) is 35.5 Å². The van der Waals surface area contributed by atoms with E-state index in [4.69, 9.17) is 34.5 Å². The minimum atomic E-state index is -2.47. The second kappa shape index (κ2) is 28.1. The molecule has 2 bridgehead atoms. The molecule has 1 aromatic rings. The van der Waals surface area contributed by atoms with Crippen molar-refractivity contribution in [3.63, 3.8) is 0 Å². The first-order valence-corrected chi connectivity index (χ1v) is 26.6. The molecule has 3 fully saturated rings. The van der Waals surface area contributed by atoms with Crippen molar-refractivity contribution in [1.82, 2.24) is 10.2 Å². The number of ether oxygens (including phenoxy) is 5. The van der Waals surface area contributed by atoms with Crippen LogP contribution in [0.1, 0.15) is 137 Å². The van der Waals surface area contributed by atoms with Crippen molar-refractivity contribution in [2.45, 2.75) is 180 Å². The summed E-state index contributed by atoms with van der Waals surface area (Å²) in [5.74, 6) is -5.72. The van der Waals surface area contributed by atoms with Crippen LogP contribution < -0.4 is 5.32 Å². The Bertz CT molecular complexity index is 2240. The Morgan fingerprint density at radius 3 is 2.39 bits per heavy atom. The fourth-order valence-electron chi connectivity index (χ4n) is 11.1. The number of furan rings is 1. The molecule has 16 heteroatoms. The van der Waals surface area contributed by atoms with Crippen LogP contribution in [0.25, 0.3) is 0 Å². The zero-order chi connectivity index (χ0) is 54.3. The first kappa shape index (κ1) is 59.7. The molecule has 0 radical (unpaired) electrons. The maximum Gasteiger partial charge on any atom is 0.408 e. The summed E-state index contributed by atoms with van der Waals surface area (Å²) in [4.78, 5) is 85.2. The number of alkyl carbamates (subject to hydrolysis) is 1. The van der Waals surface area contributed by atoms with Crippen LogP contribution in [0, 0.1) is 47.9 Å². The molecule has 4 heterocycles. The number of aliphatic hydroxyl groups is 2. The summed E-state index contributed by atoms with van der Waals surface area (Å²) in [6.07, 6.45) is 17.3. The molecule has 3 aliphatic heterocycles. The highest BCUT2D eigenvalue weighted by Gasteiger charge is 2.53. The van der Waals surface area contributed by atoms with E-state index in [1.807, 2.05) is 64.1 Å². The lowest BCUT2D eigenvalue weighted by molar-refractivity contribution is -0.264. The SMILES string of the molecule is C#CCNC(=O)O[C@@H]1CC[C@@H](C[C@@H](C)[C@@H]2CC(=O)[C@H](C)/C=C(\C)[C@@H](O)[C@@H](OC)C(=O)[C@H](C)C[C@H](C)/C=C/C=C/C=C(\C)C(c3ccco3)C[C@@H]3CC[C@@H](C)[C@@](O)(O3)C(=O)C(=O)N3CCCC[C@H]3C(=O)O2)C[C@H]1OC. The monoisotopic (exact) mass is 1030 g/mol. The molecule has 1 aliphatic carbocycles. The van der Waals surface area contributed by atoms with Gasteiger partial charge in [0.1, 0.15) is 42.0 Å². The number of esters is 1. The van der Waals surface area contributed by atoms with E-state index in [9.17, 15) is 39.0 Å².